The van der Waals surface area contributed by atoms with Gasteiger partial charge in [-0.3, -0.25) is 9.79 Å². The molecule has 3 rings (SSSR count). The Morgan fingerprint density at radius 2 is 2.04 bits per heavy atom. The number of carbonyl (C=O) groups excluding carboxylic acids is 1. The fourth-order valence-corrected chi connectivity index (χ4v) is 2.75. The summed E-state index contributed by atoms with van der Waals surface area (Å²) in [7, 11) is 0. The highest BCUT2D eigenvalue weighted by Gasteiger charge is 2.44. The van der Waals surface area contributed by atoms with Gasteiger partial charge in [0.1, 0.15) is 11.7 Å². The van der Waals surface area contributed by atoms with Crippen LogP contribution in [0.4, 0.5) is 23.2 Å². The second-order valence-electron chi connectivity index (χ2n) is 5.96. The summed E-state index contributed by atoms with van der Waals surface area (Å²) in [4.78, 5) is 19.5. The molecule has 2 heterocycles. The zero-order chi connectivity index (χ0) is 19.8. The second kappa shape index (κ2) is 7.15. The van der Waals surface area contributed by atoms with Crippen LogP contribution in [0.5, 0.6) is 0 Å². The van der Waals surface area contributed by atoms with Crippen molar-refractivity contribution in [2.45, 2.75) is 24.8 Å². The molecule has 2 aromatic rings. The van der Waals surface area contributed by atoms with Crippen LogP contribution in [0.25, 0.3) is 0 Å². The molecule has 0 spiro atoms. The molecule has 1 aromatic heterocycles. The smallest absolute Gasteiger partial charge is 0.274 e. The molecule has 0 radical (unpaired) electrons. The number of hydrogen-bond acceptors (Lipinski definition) is 4. The molecule has 1 aromatic carbocycles. The molecular formula is C17H13ClF4N4O. The zero-order valence-electron chi connectivity index (χ0n) is 13.6. The number of aliphatic imine (C=N–C) groups is 1. The second-order valence-corrected chi connectivity index (χ2v) is 6.40. The van der Waals surface area contributed by atoms with Crippen molar-refractivity contribution in [3.05, 3.63) is 58.4 Å². The van der Waals surface area contributed by atoms with Gasteiger partial charge in [0, 0.05) is 36.4 Å². The van der Waals surface area contributed by atoms with Gasteiger partial charge in [-0.15, -0.1) is 0 Å². The number of nitrogens with zero attached hydrogens (tertiary/aromatic N) is 2. The standard InChI is InChI=1S/C17H13ClF4N4O/c18-8-1-2-12(24-7-8)16(27)25-9-5-10(14(20)11(19)6-9)15-17(21,22)4-3-13(23)26-15/h1-2,5-7,15H,3-4H2,(H2,23,26)(H,25,27). The van der Waals surface area contributed by atoms with Crippen molar-refractivity contribution >= 4 is 29.0 Å². The summed E-state index contributed by atoms with van der Waals surface area (Å²) in [6, 6.07) is 2.35. The van der Waals surface area contributed by atoms with Gasteiger partial charge in [-0.05, 0) is 18.2 Å². The van der Waals surface area contributed by atoms with Crippen LogP contribution in [0.2, 0.25) is 5.02 Å². The van der Waals surface area contributed by atoms with Crippen LogP contribution in [-0.2, 0) is 0 Å². The first-order valence-electron chi connectivity index (χ1n) is 7.79. The van der Waals surface area contributed by atoms with Crippen molar-refractivity contribution < 1.29 is 22.4 Å². The molecule has 0 bridgehead atoms. The fraction of sp³-hybridized carbons (Fsp3) is 0.235. The summed E-state index contributed by atoms with van der Waals surface area (Å²) < 4.78 is 56.5. The Bertz CT molecular complexity index is 918. The van der Waals surface area contributed by atoms with E-state index in [1.807, 2.05) is 0 Å². The topological polar surface area (TPSA) is 80.4 Å². The average molecular weight is 401 g/mol. The number of carbonyl (C=O) groups is 1. The average Bonchev–Trinajstić information content (AvgIpc) is 2.61. The molecule has 10 heteroatoms. The van der Waals surface area contributed by atoms with Gasteiger partial charge in [-0.2, -0.15) is 0 Å². The van der Waals surface area contributed by atoms with E-state index in [9.17, 15) is 22.4 Å². The molecule has 1 aliphatic rings. The van der Waals surface area contributed by atoms with Crippen LogP contribution < -0.4 is 11.1 Å². The number of pyridine rings is 1. The van der Waals surface area contributed by atoms with Crippen molar-refractivity contribution in [3.63, 3.8) is 0 Å². The zero-order valence-corrected chi connectivity index (χ0v) is 14.4. The van der Waals surface area contributed by atoms with Gasteiger partial charge in [0.15, 0.2) is 11.6 Å². The van der Waals surface area contributed by atoms with Crippen molar-refractivity contribution in [1.29, 1.82) is 0 Å². The number of nitrogens with two attached hydrogens (primary N) is 1. The fourth-order valence-electron chi connectivity index (χ4n) is 2.64. The Labute approximate surface area is 156 Å². The van der Waals surface area contributed by atoms with Gasteiger partial charge in [-0.1, -0.05) is 11.6 Å². The lowest BCUT2D eigenvalue weighted by Crippen LogP contribution is -2.34. The van der Waals surface area contributed by atoms with E-state index in [1.165, 1.54) is 18.3 Å². The molecule has 142 valence electrons. The van der Waals surface area contributed by atoms with Crippen molar-refractivity contribution in [3.8, 4) is 0 Å². The monoisotopic (exact) mass is 400 g/mol. The number of benzene rings is 1. The summed E-state index contributed by atoms with van der Waals surface area (Å²) in [5, 5.41) is 2.59. The molecule has 1 aliphatic heterocycles. The van der Waals surface area contributed by atoms with Gasteiger partial charge in [0.2, 0.25) is 0 Å². The summed E-state index contributed by atoms with van der Waals surface area (Å²) >= 11 is 5.68. The molecule has 27 heavy (non-hydrogen) atoms. The molecular weight excluding hydrogens is 388 g/mol. The third-order valence-electron chi connectivity index (χ3n) is 3.98. The number of nitrogens with one attached hydrogen (secondary N) is 1. The van der Waals surface area contributed by atoms with E-state index in [-0.39, 0.29) is 23.6 Å². The van der Waals surface area contributed by atoms with E-state index in [0.29, 0.717) is 11.1 Å². The predicted molar refractivity (Wildman–Crippen MR) is 92.1 cm³/mol. The lowest BCUT2D eigenvalue weighted by molar-refractivity contribution is -0.0371. The third kappa shape index (κ3) is 4.02. The summed E-state index contributed by atoms with van der Waals surface area (Å²) in [5.74, 6) is -7.10. The van der Waals surface area contributed by atoms with E-state index in [1.54, 1.807) is 0 Å². The first-order valence-corrected chi connectivity index (χ1v) is 8.17. The Hall–Kier alpha value is -2.68. The maximum absolute atomic E-state index is 14.2. The first-order chi connectivity index (χ1) is 12.7. The van der Waals surface area contributed by atoms with Crippen molar-refractivity contribution in [1.82, 2.24) is 4.98 Å². The van der Waals surface area contributed by atoms with E-state index in [4.69, 9.17) is 17.3 Å². The van der Waals surface area contributed by atoms with Gasteiger partial charge in [0.25, 0.3) is 11.8 Å². The SMILES string of the molecule is NC1=NC(c2cc(NC(=O)c3ccc(Cl)cn3)cc(F)c2F)C(F)(F)CC1. The van der Waals surface area contributed by atoms with Crippen LogP contribution in [-0.4, -0.2) is 22.6 Å². The molecule has 0 fully saturated rings. The molecule has 0 saturated heterocycles. The number of hydrogen-bond donors (Lipinski definition) is 2. The van der Waals surface area contributed by atoms with Crippen molar-refractivity contribution in [2.75, 3.05) is 5.32 Å². The van der Waals surface area contributed by atoms with Crippen LogP contribution in [0, 0.1) is 11.6 Å². The maximum Gasteiger partial charge on any atom is 0.274 e. The molecule has 3 N–H and O–H groups in total. The summed E-state index contributed by atoms with van der Waals surface area (Å²) in [6.45, 7) is 0. The quantitative estimate of drug-likeness (QED) is 0.761. The Morgan fingerprint density at radius 1 is 1.30 bits per heavy atom. The van der Waals surface area contributed by atoms with E-state index in [2.05, 4.69) is 15.3 Å². The molecule has 0 aliphatic carbocycles. The summed E-state index contributed by atoms with van der Waals surface area (Å²) in [6.07, 6.45) is 0.443. The van der Waals surface area contributed by atoms with Gasteiger partial charge in [-0.25, -0.2) is 22.5 Å². The number of anilines is 1. The number of alkyl halides is 2. The normalized spacial score (nSPS) is 18.7. The lowest BCUT2D eigenvalue weighted by Gasteiger charge is -2.29. The van der Waals surface area contributed by atoms with Crippen molar-refractivity contribution in [2.24, 2.45) is 10.7 Å². The van der Waals surface area contributed by atoms with Crippen LogP contribution in [0.1, 0.15) is 34.9 Å². The number of halogens is 5. The van der Waals surface area contributed by atoms with Gasteiger partial charge in [0.05, 0.1) is 10.9 Å². The highest BCUT2D eigenvalue weighted by molar-refractivity contribution is 6.30. The largest absolute Gasteiger partial charge is 0.387 e. The predicted octanol–water partition coefficient (Wildman–Crippen LogP) is 4.09. The maximum atomic E-state index is 14.2. The van der Waals surface area contributed by atoms with Gasteiger partial charge >= 0.3 is 0 Å². The molecule has 5 nitrogen and oxygen atoms in total. The van der Waals surface area contributed by atoms with E-state index < -0.39 is 41.5 Å². The highest BCUT2D eigenvalue weighted by Crippen LogP contribution is 2.43. The molecule has 0 saturated carbocycles. The van der Waals surface area contributed by atoms with E-state index >= 15 is 0 Å². The molecule has 1 unspecified atom stereocenters. The van der Waals surface area contributed by atoms with Crippen LogP contribution in [0.15, 0.2) is 35.5 Å². The number of aromatic nitrogens is 1. The minimum absolute atomic E-state index is 0.0454. The third-order valence-corrected chi connectivity index (χ3v) is 4.20. The van der Waals surface area contributed by atoms with Gasteiger partial charge < -0.3 is 11.1 Å². The molecule has 1 amide bonds. The van der Waals surface area contributed by atoms with E-state index in [0.717, 1.165) is 6.07 Å². The Balaban J connectivity index is 1.96. The Morgan fingerprint density at radius 3 is 2.70 bits per heavy atom. The highest BCUT2D eigenvalue weighted by atomic mass is 35.5. The first kappa shape index (κ1) is 19.1. The minimum atomic E-state index is -3.41. The number of amidine groups is 1. The van der Waals surface area contributed by atoms with Crippen LogP contribution >= 0.6 is 11.6 Å². The lowest BCUT2D eigenvalue weighted by atomic mass is 9.93. The van der Waals surface area contributed by atoms with Crippen LogP contribution in [0.3, 0.4) is 0 Å². The summed E-state index contributed by atoms with van der Waals surface area (Å²) in [5.41, 5.74) is 4.53. The number of amides is 1. The Kier molecular flexibility index (Phi) is 5.05. The number of rotatable bonds is 3. The minimum Gasteiger partial charge on any atom is -0.387 e. The molecule has 1 atom stereocenters.